The largest absolute Gasteiger partial charge is 0.488 e. The van der Waals surface area contributed by atoms with Gasteiger partial charge in [-0.15, -0.1) is 0 Å². The summed E-state index contributed by atoms with van der Waals surface area (Å²) in [4.78, 5) is 4.20. The van der Waals surface area contributed by atoms with Crippen LogP contribution in [0.25, 0.3) is 0 Å². The minimum absolute atomic E-state index is 0.507. The quantitative estimate of drug-likeness (QED) is 0.751. The van der Waals surface area contributed by atoms with E-state index in [4.69, 9.17) is 9.47 Å². The van der Waals surface area contributed by atoms with Crippen LogP contribution in [0.4, 0.5) is 0 Å². The highest BCUT2D eigenvalue weighted by Gasteiger charge is 2.06. The van der Waals surface area contributed by atoms with Gasteiger partial charge in [-0.05, 0) is 65.4 Å². The third-order valence-corrected chi connectivity index (χ3v) is 2.95. The molecule has 4 heteroatoms. The predicted molar refractivity (Wildman–Crippen MR) is 79.3 cm³/mol. The van der Waals surface area contributed by atoms with Gasteiger partial charge in [-0.3, -0.25) is 0 Å². The normalized spacial score (nSPS) is 10.1. The highest BCUT2D eigenvalue weighted by molar-refractivity contribution is 14.1. The molecule has 0 aliphatic carbocycles. The maximum atomic E-state index is 5.72. The van der Waals surface area contributed by atoms with Crippen molar-refractivity contribution in [2.75, 3.05) is 6.61 Å². The van der Waals surface area contributed by atoms with Crippen LogP contribution in [0.5, 0.6) is 17.4 Å². The molecule has 0 aliphatic heterocycles. The van der Waals surface area contributed by atoms with Gasteiger partial charge >= 0.3 is 0 Å². The first-order valence-corrected chi connectivity index (χ1v) is 6.88. The van der Waals surface area contributed by atoms with E-state index >= 15 is 0 Å². The molecular weight excluding hydrogens is 341 g/mol. The molecule has 0 saturated heterocycles. The lowest BCUT2D eigenvalue weighted by Crippen LogP contribution is -1.98. The van der Waals surface area contributed by atoms with Crippen LogP contribution < -0.4 is 9.47 Å². The Morgan fingerprint density at radius 3 is 2.67 bits per heavy atom. The standard InChI is InChI=1S/C14H14INO2/c1-2-10-17-13-4-3-9-16-14(13)18-12-7-5-11(15)6-8-12/h3-9H,2,10H2,1H3. The number of hydrogen-bond donors (Lipinski definition) is 0. The summed E-state index contributed by atoms with van der Waals surface area (Å²) in [5.41, 5.74) is 0. The fraction of sp³-hybridized carbons (Fsp3) is 0.214. The average molecular weight is 355 g/mol. The zero-order chi connectivity index (χ0) is 12.8. The summed E-state index contributed by atoms with van der Waals surface area (Å²) in [6.07, 6.45) is 2.65. The van der Waals surface area contributed by atoms with Crippen molar-refractivity contribution in [2.45, 2.75) is 13.3 Å². The maximum Gasteiger partial charge on any atom is 0.262 e. The van der Waals surface area contributed by atoms with Gasteiger partial charge in [-0.1, -0.05) is 6.92 Å². The second-order valence-corrected chi connectivity index (χ2v) is 4.96. The van der Waals surface area contributed by atoms with Crippen molar-refractivity contribution in [3.05, 3.63) is 46.2 Å². The fourth-order valence-electron chi connectivity index (χ4n) is 1.39. The second-order valence-electron chi connectivity index (χ2n) is 3.71. The van der Waals surface area contributed by atoms with Crippen molar-refractivity contribution in [1.29, 1.82) is 0 Å². The minimum atomic E-state index is 0.507. The Morgan fingerprint density at radius 2 is 1.94 bits per heavy atom. The van der Waals surface area contributed by atoms with Crippen LogP contribution in [0.3, 0.4) is 0 Å². The van der Waals surface area contributed by atoms with Gasteiger partial charge in [0.2, 0.25) is 0 Å². The van der Waals surface area contributed by atoms with E-state index in [1.807, 2.05) is 36.4 Å². The molecule has 3 nitrogen and oxygen atoms in total. The fourth-order valence-corrected chi connectivity index (χ4v) is 1.75. The molecule has 18 heavy (non-hydrogen) atoms. The molecule has 0 fully saturated rings. The van der Waals surface area contributed by atoms with Gasteiger partial charge in [0.1, 0.15) is 5.75 Å². The topological polar surface area (TPSA) is 31.4 Å². The Bertz CT molecular complexity index is 499. The van der Waals surface area contributed by atoms with Gasteiger partial charge in [0.25, 0.3) is 5.88 Å². The summed E-state index contributed by atoms with van der Waals surface area (Å²) in [5.74, 6) is 1.94. The smallest absolute Gasteiger partial charge is 0.262 e. The molecule has 2 aromatic rings. The van der Waals surface area contributed by atoms with Crippen LogP contribution >= 0.6 is 22.6 Å². The highest BCUT2D eigenvalue weighted by Crippen LogP contribution is 2.29. The number of aromatic nitrogens is 1. The molecule has 1 heterocycles. The van der Waals surface area contributed by atoms with E-state index in [-0.39, 0.29) is 0 Å². The van der Waals surface area contributed by atoms with Crippen molar-refractivity contribution in [2.24, 2.45) is 0 Å². The van der Waals surface area contributed by atoms with Gasteiger partial charge in [-0.2, -0.15) is 0 Å². The van der Waals surface area contributed by atoms with Crippen LogP contribution in [-0.2, 0) is 0 Å². The summed E-state index contributed by atoms with van der Waals surface area (Å²) < 4.78 is 12.5. The number of rotatable bonds is 5. The summed E-state index contributed by atoms with van der Waals surface area (Å²) in [5, 5.41) is 0. The minimum Gasteiger partial charge on any atom is -0.488 e. The van der Waals surface area contributed by atoms with Crippen LogP contribution in [0.15, 0.2) is 42.6 Å². The lowest BCUT2D eigenvalue weighted by Gasteiger charge is -2.10. The molecule has 0 aliphatic rings. The molecule has 0 spiro atoms. The maximum absolute atomic E-state index is 5.72. The van der Waals surface area contributed by atoms with E-state index in [1.54, 1.807) is 6.20 Å². The summed E-state index contributed by atoms with van der Waals surface area (Å²) in [6, 6.07) is 11.5. The van der Waals surface area contributed by atoms with E-state index in [9.17, 15) is 0 Å². The van der Waals surface area contributed by atoms with Crippen LogP contribution in [-0.4, -0.2) is 11.6 Å². The number of nitrogens with zero attached hydrogens (tertiary/aromatic N) is 1. The number of pyridine rings is 1. The Morgan fingerprint density at radius 1 is 1.17 bits per heavy atom. The molecule has 0 bridgehead atoms. The second kappa shape index (κ2) is 6.58. The Balaban J connectivity index is 2.15. The molecule has 0 N–H and O–H groups in total. The van der Waals surface area contributed by atoms with E-state index in [0.717, 1.165) is 12.2 Å². The first-order chi connectivity index (χ1) is 8.79. The van der Waals surface area contributed by atoms with Crippen LogP contribution in [0, 0.1) is 3.57 Å². The van der Waals surface area contributed by atoms with Gasteiger partial charge in [-0.25, -0.2) is 4.98 Å². The van der Waals surface area contributed by atoms with Gasteiger partial charge in [0.15, 0.2) is 5.75 Å². The van der Waals surface area contributed by atoms with Gasteiger partial charge in [0, 0.05) is 9.77 Å². The number of ether oxygens (including phenoxy) is 2. The van der Waals surface area contributed by atoms with E-state index in [0.29, 0.717) is 18.2 Å². The zero-order valence-corrected chi connectivity index (χ0v) is 12.3. The molecule has 1 aromatic heterocycles. The molecule has 0 unspecified atom stereocenters. The SMILES string of the molecule is CCCOc1cccnc1Oc1ccc(I)cc1. The van der Waals surface area contributed by atoms with E-state index < -0.39 is 0 Å². The lowest BCUT2D eigenvalue weighted by molar-refractivity contribution is 0.298. The predicted octanol–water partition coefficient (Wildman–Crippen LogP) is 4.27. The Kier molecular flexibility index (Phi) is 4.81. The molecule has 1 aromatic carbocycles. The van der Waals surface area contributed by atoms with Gasteiger partial charge in [0.05, 0.1) is 6.61 Å². The third kappa shape index (κ3) is 3.60. The molecule has 2 rings (SSSR count). The molecular formula is C14H14INO2. The van der Waals surface area contributed by atoms with Crippen molar-refractivity contribution in [3.63, 3.8) is 0 Å². The monoisotopic (exact) mass is 355 g/mol. The third-order valence-electron chi connectivity index (χ3n) is 2.23. The first kappa shape index (κ1) is 13.1. The van der Waals surface area contributed by atoms with Crippen molar-refractivity contribution < 1.29 is 9.47 Å². The van der Waals surface area contributed by atoms with Crippen LogP contribution in [0.1, 0.15) is 13.3 Å². The molecule has 94 valence electrons. The van der Waals surface area contributed by atoms with Gasteiger partial charge < -0.3 is 9.47 Å². The molecule has 0 radical (unpaired) electrons. The number of hydrogen-bond acceptors (Lipinski definition) is 3. The Hall–Kier alpha value is -1.30. The summed E-state index contributed by atoms with van der Waals surface area (Å²) in [6.45, 7) is 2.73. The molecule has 0 saturated carbocycles. The van der Waals surface area contributed by atoms with Crippen molar-refractivity contribution >= 4 is 22.6 Å². The molecule has 0 amide bonds. The first-order valence-electron chi connectivity index (χ1n) is 5.81. The average Bonchev–Trinajstić information content (AvgIpc) is 2.40. The van der Waals surface area contributed by atoms with E-state index in [1.165, 1.54) is 3.57 Å². The Labute approximate surface area is 120 Å². The van der Waals surface area contributed by atoms with E-state index in [2.05, 4.69) is 34.5 Å². The summed E-state index contributed by atoms with van der Waals surface area (Å²) in [7, 11) is 0. The van der Waals surface area contributed by atoms with Crippen molar-refractivity contribution in [3.8, 4) is 17.4 Å². The lowest BCUT2D eigenvalue weighted by atomic mass is 10.3. The number of halogens is 1. The molecule has 0 atom stereocenters. The highest BCUT2D eigenvalue weighted by atomic mass is 127. The van der Waals surface area contributed by atoms with Crippen molar-refractivity contribution in [1.82, 2.24) is 4.98 Å². The summed E-state index contributed by atoms with van der Waals surface area (Å²) >= 11 is 2.26. The number of benzene rings is 1. The van der Waals surface area contributed by atoms with Crippen LogP contribution in [0.2, 0.25) is 0 Å². The zero-order valence-electron chi connectivity index (χ0n) is 10.1.